The summed E-state index contributed by atoms with van der Waals surface area (Å²) in [5.41, 5.74) is 2.53. The quantitative estimate of drug-likeness (QED) is 0.773. The number of aromatic amines is 1. The number of ether oxygens (including phenoxy) is 1. The number of H-pyrrole nitrogens is 1. The fourth-order valence-electron chi connectivity index (χ4n) is 2.03. The molecule has 2 rings (SSSR count). The smallest absolute Gasteiger partial charge is 0.355 e. The molecular weight excluding hydrogens is 220 g/mol. The Bertz CT molecular complexity index is 463. The van der Waals surface area contributed by atoms with Crippen molar-refractivity contribution in [1.29, 1.82) is 0 Å². The van der Waals surface area contributed by atoms with Gasteiger partial charge in [-0.15, -0.1) is 0 Å². The molecule has 0 spiro atoms. The molecule has 0 saturated heterocycles. The molecule has 0 saturated carbocycles. The Morgan fingerprint density at radius 2 is 2.18 bits per heavy atom. The van der Waals surface area contributed by atoms with Gasteiger partial charge in [0.05, 0.1) is 13.2 Å². The van der Waals surface area contributed by atoms with Crippen molar-refractivity contribution in [3.8, 4) is 0 Å². The standard InChI is InChI=1S/C12H16N2O3/c1-3-4-17-12(16)11-7(2)10-8(14-11)5-13-6-9(10)15/h13-14H,3-6H2,1-2H3. The molecule has 0 fully saturated rings. The van der Waals surface area contributed by atoms with Gasteiger partial charge >= 0.3 is 5.97 Å². The molecule has 17 heavy (non-hydrogen) atoms. The number of aromatic nitrogens is 1. The molecule has 1 aliphatic rings. The van der Waals surface area contributed by atoms with Crippen molar-refractivity contribution < 1.29 is 14.3 Å². The van der Waals surface area contributed by atoms with Crippen LogP contribution in [-0.4, -0.2) is 29.9 Å². The van der Waals surface area contributed by atoms with Crippen molar-refractivity contribution in [2.75, 3.05) is 13.2 Å². The summed E-state index contributed by atoms with van der Waals surface area (Å²) in [6.07, 6.45) is 0.783. The van der Waals surface area contributed by atoms with Crippen LogP contribution < -0.4 is 5.32 Å². The number of hydrogen-bond donors (Lipinski definition) is 2. The average Bonchev–Trinajstić information content (AvgIpc) is 2.65. The van der Waals surface area contributed by atoms with E-state index in [9.17, 15) is 9.59 Å². The number of rotatable bonds is 3. The van der Waals surface area contributed by atoms with Crippen LogP contribution in [-0.2, 0) is 11.3 Å². The van der Waals surface area contributed by atoms with Gasteiger partial charge in [-0.05, 0) is 18.9 Å². The summed E-state index contributed by atoms with van der Waals surface area (Å²) in [6, 6.07) is 0. The van der Waals surface area contributed by atoms with E-state index in [2.05, 4.69) is 10.3 Å². The summed E-state index contributed by atoms with van der Waals surface area (Å²) < 4.78 is 5.07. The SMILES string of the molecule is CCCOC(=O)c1[nH]c2c(c1C)C(=O)CNC2. The molecule has 0 unspecified atom stereocenters. The maximum atomic E-state index is 11.8. The minimum atomic E-state index is -0.383. The number of esters is 1. The molecule has 2 N–H and O–H groups in total. The predicted octanol–water partition coefficient (Wildman–Crippen LogP) is 1.18. The lowest BCUT2D eigenvalue weighted by molar-refractivity contribution is 0.0498. The average molecular weight is 236 g/mol. The second kappa shape index (κ2) is 4.71. The fraction of sp³-hybridized carbons (Fsp3) is 0.500. The van der Waals surface area contributed by atoms with Gasteiger partial charge in [-0.1, -0.05) is 6.92 Å². The molecule has 2 heterocycles. The van der Waals surface area contributed by atoms with Gasteiger partial charge in [0.1, 0.15) is 5.69 Å². The largest absolute Gasteiger partial charge is 0.461 e. The molecule has 5 heteroatoms. The van der Waals surface area contributed by atoms with Crippen LogP contribution in [0.15, 0.2) is 0 Å². The predicted molar refractivity (Wildman–Crippen MR) is 62.1 cm³/mol. The van der Waals surface area contributed by atoms with Crippen molar-refractivity contribution in [3.63, 3.8) is 0 Å². The molecule has 0 aromatic carbocycles. The van der Waals surface area contributed by atoms with Crippen LogP contribution in [0.1, 0.15) is 45.4 Å². The molecular formula is C12H16N2O3. The topological polar surface area (TPSA) is 71.2 Å². The highest BCUT2D eigenvalue weighted by molar-refractivity contribution is 6.04. The number of nitrogens with one attached hydrogen (secondary N) is 2. The number of carbonyl (C=O) groups excluding carboxylic acids is 2. The van der Waals surface area contributed by atoms with Crippen molar-refractivity contribution in [1.82, 2.24) is 10.3 Å². The zero-order chi connectivity index (χ0) is 12.4. The number of Topliss-reactive ketones (excluding diaryl/α,β-unsaturated/α-hetero) is 1. The van der Waals surface area contributed by atoms with E-state index < -0.39 is 0 Å². The Morgan fingerprint density at radius 3 is 2.82 bits per heavy atom. The third kappa shape index (κ3) is 2.10. The van der Waals surface area contributed by atoms with E-state index in [1.807, 2.05) is 6.92 Å². The number of hydrogen-bond acceptors (Lipinski definition) is 4. The Morgan fingerprint density at radius 1 is 1.41 bits per heavy atom. The van der Waals surface area contributed by atoms with Crippen LogP contribution in [0.2, 0.25) is 0 Å². The third-order valence-electron chi connectivity index (χ3n) is 2.84. The van der Waals surface area contributed by atoms with Gasteiger partial charge in [-0.3, -0.25) is 4.79 Å². The Labute approximate surface area is 99.5 Å². The van der Waals surface area contributed by atoms with Crippen molar-refractivity contribution in [3.05, 3.63) is 22.5 Å². The maximum Gasteiger partial charge on any atom is 0.355 e. The van der Waals surface area contributed by atoms with Crippen LogP contribution in [0.3, 0.4) is 0 Å². The zero-order valence-corrected chi connectivity index (χ0v) is 10.1. The summed E-state index contributed by atoms with van der Waals surface area (Å²) in [5.74, 6) is -0.360. The first-order valence-electron chi connectivity index (χ1n) is 5.77. The first-order valence-corrected chi connectivity index (χ1v) is 5.77. The molecule has 92 valence electrons. The van der Waals surface area contributed by atoms with E-state index in [1.165, 1.54) is 0 Å². The summed E-state index contributed by atoms with van der Waals surface area (Å²) in [7, 11) is 0. The Kier molecular flexibility index (Phi) is 3.28. The van der Waals surface area contributed by atoms with Crippen LogP contribution in [0.5, 0.6) is 0 Å². The Balaban J connectivity index is 2.31. The monoisotopic (exact) mass is 236 g/mol. The summed E-state index contributed by atoms with van der Waals surface area (Å²) in [6.45, 7) is 5.03. The van der Waals surface area contributed by atoms with Crippen LogP contribution >= 0.6 is 0 Å². The number of carbonyl (C=O) groups is 2. The van der Waals surface area contributed by atoms with Gasteiger partial charge in [-0.2, -0.15) is 0 Å². The Hall–Kier alpha value is -1.62. The van der Waals surface area contributed by atoms with Crippen molar-refractivity contribution in [2.24, 2.45) is 0 Å². The van der Waals surface area contributed by atoms with Crippen molar-refractivity contribution in [2.45, 2.75) is 26.8 Å². The molecule has 0 radical (unpaired) electrons. The highest BCUT2D eigenvalue weighted by Gasteiger charge is 2.26. The highest BCUT2D eigenvalue weighted by atomic mass is 16.5. The van der Waals surface area contributed by atoms with E-state index in [0.717, 1.165) is 12.1 Å². The first-order chi connectivity index (χ1) is 8.15. The molecule has 1 aromatic rings. The lowest BCUT2D eigenvalue weighted by atomic mass is 10.0. The summed E-state index contributed by atoms with van der Waals surface area (Å²) in [4.78, 5) is 26.5. The van der Waals surface area contributed by atoms with Gasteiger partial charge in [0.2, 0.25) is 0 Å². The number of fused-ring (bicyclic) bond motifs is 1. The van der Waals surface area contributed by atoms with Crippen molar-refractivity contribution >= 4 is 11.8 Å². The molecule has 0 aliphatic carbocycles. The molecule has 1 aliphatic heterocycles. The minimum Gasteiger partial charge on any atom is -0.461 e. The van der Waals surface area contributed by atoms with Crippen LogP contribution in [0, 0.1) is 6.92 Å². The molecule has 5 nitrogen and oxygen atoms in total. The lowest BCUT2D eigenvalue weighted by Crippen LogP contribution is -2.29. The van der Waals surface area contributed by atoms with E-state index in [1.54, 1.807) is 6.92 Å². The maximum absolute atomic E-state index is 11.8. The fourth-order valence-corrected chi connectivity index (χ4v) is 2.03. The van der Waals surface area contributed by atoms with Gasteiger partial charge in [0.15, 0.2) is 5.78 Å². The normalized spacial score (nSPS) is 14.6. The second-order valence-electron chi connectivity index (χ2n) is 4.14. The molecule has 0 bridgehead atoms. The van der Waals surface area contributed by atoms with E-state index in [4.69, 9.17) is 4.74 Å². The molecule has 0 amide bonds. The van der Waals surface area contributed by atoms with Gasteiger partial charge in [0.25, 0.3) is 0 Å². The number of ketones is 1. The molecule has 0 atom stereocenters. The third-order valence-corrected chi connectivity index (χ3v) is 2.84. The van der Waals surface area contributed by atoms with Crippen LogP contribution in [0.4, 0.5) is 0 Å². The molecule has 1 aromatic heterocycles. The first kappa shape index (κ1) is 11.9. The van der Waals surface area contributed by atoms with Gasteiger partial charge < -0.3 is 15.0 Å². The lowest BCUT2D eigenvalue weighted by Gasteiger charge is -2.11. The zero-order valence-electron chi connectivity index (χ0n) is 10.1. The minimum absolute atomic E-state index is 0.0227. The van der Waals surface area contributed by atoms with Gasteiger partial charge in [-0.25, -0.2) is 4.79 Å². The van der Waals surface area contributed by atoms with Crippen LogP contribution in [0.25, 0.3) is 0 Å². The van der Waals surface area contributed by atoms with E-state index in [-0.39, 0.29) is 11.8 Å². The van der Waals surface area contributed by atoms with E-state index in [0.29, 0.717) is 36.5 Å². The van der Waals surface area contributed by atoms with Gasteiger partial charge in [0, 0.05) is 17.8 Å². The summed E-state index contributed by atoms with van der Waals surface area (Å²) >= 11 is 0. The second-order valence-corrected chi connectivity index (χ2v) is 4.14. The highest BCUT2D eigenvalue weighted by Crippen LogP contribution is 2.22. The summed E-state index contributed by atoms with van der Waals surface area (Å²) in [5, 5.41) is 2.98. The van der Waals surface area contributed by atoms with E-state index >= 15 is 0 Å².